The summed E-state index contributed by atoms with van der Waals surface area (Å²) >= 11 is 0. The van der Waals surface area contributed by atoms with E-state index in [0.717, 1.165) is 0 Å². The van der Waals surface area contributed by atoms with Gasteiger partial charge in [-0.1, -0.05) is 18.2 Å². The number of nitrogen functional groups attached to an aromatic ring is 1. The molecule has 0 radical (unpaired) electrons. The predicted octanol–water partition coefficient (Wildman–Crippen LogP) is 2.91. The summed E-state index contributed by atoms with van der Waals surface area (Å²) in [7, 11) is 0. The molecule has 2 N–H and O–H groups in total. The minimum absolute atomic E-state index is 0.0186. The van der Waals surface area contributed by atoms with Crippen LogP contribution < -0.4 is 10.5 Å². The van der Waals surface area contributed by atoms with Gasteiger partial charge in [0, 0.05) is 23.8 Å². The van der Waals surface area contributed by atoms with Crippen molar-refractivity contribution in [3.8, 4) is 11.6 Å². The van der Waals surface area contributed by atoms with Crippen LogP contribution >= 0.6 is 0 Å². The SMILES string of the molecule is Nc1nccnc1Oc1ccc([N+](=O)[O-])c2ccccc12. The van der Waals surface area contributed by atoms with Crippen LogP contribution in [0.2, 0.25) is 0 Å². The predicted molar refractivity (Wildman–Crippen MR) is 77.1 cm³/mol. The lowest BCUT2D eigenvalue weighted by Crippen LogP contribution is -1.98. The Bertz CT molecular complexity index is 835. The summed E-state index contributed by atoms with van der Waals surface area (Å²) in [6.45, 7) is 0. The monoisotopic (exact) mass is 282 g/mol. The van der Waals surface area contributed by atoms with Gasteiger partial charge in [-0.05, 0) is 12.1 Å². The van der Waals surface area contributed by atoms with Gasteiger partial charge in [0.05, 0.1) is 10.3 Å². The fourth-order valence-corrected chi connectivity index (χ4v) is 2.02. The smallest absolute Gasteiger partial charge is 0.277 e. The molecule has 0 unspecified atom stereocenters. The molecular weight excluding hydrogens is 272 g/mol. The van der Waals surface area contributed by atoms with E-state index in [-0.39, 0.29) is 17.4 Å². The molecule has 0 aliphatic rings. The highest BCUT2D eigenvalue weighted by atomic mass is 16.6. The van der Waals surface area contributed by atoms with Gasteiger partial charge in [0.1, 0.15) is 5.75 Å². The maximum absolute atomic E-state index is 11.1. The zero-order valence-electron chi connectivity index (χ0n) is 10.8. The Balaban J connectivity index is 2.14. The van der Waals surface area contributed by atoms with Gasteiger partial charge in [-0.25, -0.2) is 9.97 Å². The van der Waals surface area contributed by atoms with Gasteiger partial charge in [-0.15, -0.1) is 0 Å². The summed E-state index contributed by atoms with van der Waals surface area (Å²) in [5, 5.41) is 12.2. The quantitative estimate of drug-likeness (QED) is 0.585. The van der Waals surface area contributed by atoms with Crippen LogP contribution in [-0.4, -0.2) is 14.9 Å². The van der Waals surface area contributed by atoms with E-state index >= 15 is 0 Å². The summed E-state index contributed by atoms with van der Waals surface area (Å²) in [6, 6.07) is 9.83. The first kappa shape index (κ1) is 12.8. The molecule has 0 amide bonds. The number of non-ortho nitro benzene ring substituents is 1. The average molecular weight is 282 g/mol. The Labute approximate surface area is 119 Å². The second-order valence-corrected chi connectivity index (χ2v) is 4.23. The minimum atomic E-state index is -0.428. The molecule has 1 aromatic heterocycles. The molecule has 21 heavy (non-hydrogen) atoms. The Kier molecular flexibility index (Phi) is 3.07. The van der Waals surface area contributed by atoms with Crippen molar-refractivity contribution in [3.63, 3.8) is 0 Å². The molecule has 104 valence electrons. The van der Waals surface area contributed by atoms with Gasteiger partial charge in [-0.3, -0.25) is 10.1 Å². The molecule has 0 saturated heterocycles. The topological polar surface area (TPSA) is 104 Å². The van der Waals surface area contributed by atoms with E-state index in [4.69, 9.17) is 10.5 Å². The number of ether oxygens (including phenoxy) is 1. The van der Waals surface area contributed by atoms with Gasteiger partial charge >= 0.3 is 0 Å². The Hall–Kier alpha value is -3.22. The Morgan fingerprint density at radius 3 is 2.48 bits per heavy atom. The highest BCUT2D eigenvalue weighted by Gasteiger charge is 2.15. The number of hydrogen-bond acceptors (Lipinski definition) is 6. The second kappa shape index (κ2) is 5.04. The minimum Gasteiger partial charge on any atom is -0.435 e. The molecule has 7 nitrogen and oxygen atoms in total. The van der Waals surface area contributed by atoms with E-state index < -0.39 is 4.92 Å². The summed E-state index contributed by atoms with van der Waals surface area (Å²) < 4.78 is 5.64. The number of nitrogens with zero attached hydrogens (tertiary/aromatic N) is 3. The van der Waals surface area contributed by atoms with Crippen molar-refractivity contribution < 1.29 is 9.66 Å². The zero-order valence-corrected chi connectivity index (χ0v) is 10.8. The maximum atomic E-state index is 11.1. The number of hydrogen-bond donors (Lipinski definition) is 1. The number of anilines is 1. The fraction of sp³-hybridized carbons (Fsp3) is 0. The third-order valence-corrected chi connectivity index (χ3v) is 2.96. The van der Waals surface area contributed by atoms with Crippen LogP contribution in [0, 0.1) is 10.1 Å². The van der Waals surface area contributed by atoms with E-state index in [1.165, 1.54) is 24.5 Å². The van der Waals surface area contributed by atoms with Crippen LogP contribution in [0.1, 0.15) is 0 Å². The lowest BCUT2D eigenvalue weighted by molar-refractivity contribution is -0.383. The van der Waals surface area contributed by atoms with E-state index in [9.17, 15) is 10.1 Å². The summed E-state index contributed by atoms with van der Waals surface area (Å²) in [4.78, 5) is 18.5. The highest BCUT2D eigenvalue weighted by molar-refractivity contribution is 5.95. The van der Waals surface area contributed by atoms with E-state index in [1.54, 1.807) is 24.3 Å². The molecule has 0 atom stereocenters. The zero-order chi connectivity index (χ0) is 14.8. The molecule has 0 saturated carbocycles. The van der Waals surface area contributed by atoms with Gasteiger partial charge < -0.3 is 10.5 Å². The maximum Gasteiger partial charge on any atom is 0.277 e. The van der Waals surface area contributed by atoms with E-state index in [0.29, 0.717) is 16.5 Å². The van der Waals surface area contributed by atoms with Gasteiger partial charge in [0.15, 0.2) is 5.82 Å². The van der Waals surface area contributed by atoms with Crippen molar-refractivity contribution in [1.29, 1.82) is 0 Å². The van der Waals surface area contributed by atoms with Gasteiger partial charge in [-0.2, -0.15) is 0 Å². The molecule has 0 bridgehead atoms. The number of aromatic nitrogens is 2. The van der Waals surface area contributed by atoms with Crippen molar-refractivity contribution in [2.24, 2.45) is 0 Å². The first-order valence-electron chi connectivity index (χ1n) is 6.07. The van der Waals surface area contributed by atoms with Crippen LogP contribution in [0.3, 0.4) is 0 Å². The molecule has 3 rings (SSSR count). The molecule has 2 aromatic carbocycles. The molecule has 1 heterocycles. The van der Waals surface area contributed by atoms with E-state index in [2.05, 4.69) is 9.97 Å². The molecule has 0 spiro atoms. The van der Waals surface area contributed by atoms with Crippen molar-refractivity contribution >= 4 is 22.3 Å². The van der Waals surface area contributed by atoms with E-state index in [1.807, 2.05) is 0 Å². The largest absolute Gasteiger partial charge is 0.435 e. The van der Waals surface area contributed by atoms with Crippen molar-refractivity contribution in [1.82, 2.24) is 9.97 Å². The normalized spacial score (nSPS) is 10.5. The third-order valence-electron chi connectivity index (χ3n) is 2.96. The molecule has 7 heteroatoms. The van der Waals surface area contributed by atoms with Gasteiger partial charge in [0.2, 0.25) is 0 Å². The van der Waals surface area contributed by atoms with Crippen LogP contribution in [0.25, 0.3) is 10.8 Å². The number of nitro benzene ring substituents is 1. The van der Waals surface area contributed by atoms with Crippen LogP contribution in [0.5, 0.6) is 11.6 Å². The van der Waals surface area contributed by atoms with Crippen molar-refractivity contribution in [2.75, 3.05) is 5.73 Å². The number of rotatable bonds is 3. The second-order valence-electron chi connectivity index (χ2n) is 4.23. The first-order valence-corrected chi connectivity index (χ1v) is 6.07. The molecular formula is C14H10N4O3. The molecule has 3 aromatic rings. The molecule has 0 aliphatic carbocycles. The number of nitrogens with two attached hydrogens (primary N) is 1. The van der Waals surface area contributed by atoms with Crippen LogP contribution in [0.15, 0.2) is 48.8 Å². The molecule has 0 fully saturated rings. The summed E-state index contributed by atoms with van der Waals surface area (Å²) in [5.74, 6) is 0.750. The van der Waals surface area contributed by atoms with Crippen molar-refractivity contribution in [2.45, 2.75) is 0 Å². The van der Waals surface area contributed by atoms with Crippen molar-refractivity contribution in [3.05, 3.63) is 58.9 Å². The number of benzene rings is 2. The third kappa shape index (κ3) is 2.32. The standard InChI is InChI=1S/C14H10N4O3/c15-13-14(17-8-7-16-13)21-12-6-5-11(18(19)20)9-3-1-2-4-10(9)12/h1-8H,(H2,15,16). The Morgan fingerprint density at radius 1 is 1.05 bits per heavy atom. The number of nitro groups is 1. The molecule has 0 aliphatic heterocycles. The highest BCUT2D eigenvalue weighted by Crippen LogP contribution is 2.35. The Morgan fingerprint density at radius 2 is 1.76 bits per heavy atom. The summed E-state index contributed by atoms with van der Waals surface area (Å²) in [5.41, 5.74) is 5.70. The lowest BCUT2D eigenvalue weighted by atomic mass is 10.1. The van der Waals surface area contributed by atoms with Crippen LogP contribution in [-0.2, 0) is 0 Å². The summed E-state index contributed by atoms with van der Waals surface area (Å²) in [6.07, 6.45) is 2.91. The van der Waals surface area contributed by atoms with Gasteiger partial charge in [0.25, 0.3) is 11.6 Å². The lowest BCUT2D eigenvalue weighted by Gasteiger charge is -2.09. The first-order chi connectivity index (χ1) is 10.2. The van der Waals surface area contributed by atoms with Crippen LogP contribution in [0.4, 0.5) is 11.5 Å². The average Bonchev–Trinajstić information content (AvgIpc) is 2.49. The number of fused-ring (bicyclic) bond motifs is 1. The fourth-order valence-electron chi connectivity index (χ4n) is 2.02.